The fourth-order valence-corrected chi connectivity index (χ4v) is 2.32. The minimum atomic E-state index is -0.00638. The maximum Gasteiger partial charge on any atom is 0.0540 e. The molecule has 0 radical (unpaired) electrons. The van der Waals surface area contributed by atoms with Gasteiger partial charge < -0.3 is 10.4 Å². The smallest absolute Gasteiger partial charge is 0.0540 e. The third-order valence-corrected chi connectivity index (χ3v) is 3.81. The molecular formula is C15H24ClNO. The van der Waals surface area contributed by atoms with Gasteiger partial charge in [-0.1, -0.05) is 29.8 Å². The molecule has 2 nitrogen and oxygen atoms in total. The van der Waals surface area contributed by atoms with E-state index in [1.807, 2.05) is 38.2 Å². The minimum Gasteiger partial charge on any atom is -0.393 e. The maximum atomic E-state index is 9.17. The van der Waals surface area contributed by atoms with Crippen molar-refractivity contribution < 1.29 is 5.11 Å². The Kier molecular flexibility index (Phi) is 7.33. The summed E-state index contributed by atoms with van der Waals surface area (Å²) in [4.78, 5) is 0. The molecule has 1 fully saturated rings. The molecule has 1 aliphatic rings. The molecule has 0 unspecified atom stereocenters. The van der Waals surface area contributed by atoms with E-state index in [4.69, 9.17) is 11.6 Å². The average Bonchev–Trinajstić information content (AvgIpc) is 2.37. The third-order valence-electron chi connectivity index (χ3n) is 3.39. The molecule has 1 aliphatic carbocycles. The number of aliphatic hydroxyl groups is 1. The largest absolute Gasteiger partial charge is 0.393 e. The van der Waals surface area contributed by atoms with E-state index in [1.54, 1.807) is 0 Å². The zero-order valence-corrected chi connectivity index (χ0v) is 12.1. The summed E-state index contributed by atoms with van der Waals surface area (Å²) in [5.74, 6) is 0.813. The number of aliphatic hydroxyl groups excluding tert-OH is 1. The van der Waals surface area contributed by atoms with Crippen LogP contribution in [0.2, 0.25) is 5.02 Å². The third kappa shape index (κ3) is 5.85. The number of nitrogens with one attached hydrogen (secondary N) is 1. The number of aryl methyl sites for hydroxylation is 1. The van der Waals surface area contributed by atoms with E-state index in [0.29, 0.717) is 0 Å². The van der Waals surface area contributed by atoms with Crippen molar-refractivity contribution in [2.75, 3.05) is 13.6 Å². The molecule has 0 atom stereocenters. The van der Waals surface area contributed by atoms with Crippen molar-refractivity contribution in [3.05, 3.63) is 34.9 Å². The van der Waals surface area contributed by atoms with Crippen molar-refractivity contribution >= 4 is 11.6 Å². The van der Waals surface area contributed by atoms with Crippen molar-refractivity contribution in [2.24, 2.45) is 5.92 Å². The lowest BCUT2D eigenvalue weighted by atomic mass is 9.87. The highest BCUT2D eigenvalue weighted by molar-refractivity contribution is 6.31. The SMILES string of the molecule is CNCC1CCC(O)CC1.Cc1ccccc1Cl. The van der Waals surface area contributed by atoms with Gasteiger partial charge in [0.15, 0.2) is 0 Å². The second-order valence-corrected chi connectivity index (χ2v) is 5.39. The Morgan fingerprint density at radius 3 is 2.28 bits per heavy atom. The fourth-order valence-electron chi connectivity index (χ4n) is 2.19. The Morgan fingerprint density at radius 2 is 1.83 bits per heavy atom. The summed E-state index contributed by atoms with van der Waals surface area (Å²) in [6.45, 7) is 3.11. The zero-order chi connectivity index (χ0) is 13.4. The molecule has 1 aromatic carbocycles. The molecule has 3 heteroatoms. The van der Waals surface area contributed by atoms with E-state index in [9.17, 15) is 5.11 Å². The Bertz CT molecular complexity index is 314. The molecule has 1 aromatic rings. The molecule has 1 saturated carbocycles. The molecular weight excluding hydrogens is 246 g/mol. The van der Waals surface area contributed by atoms with E-state index in [1.165, 1.54) is 12.8 Å². The van der Waals surface area contributed by atoms with E-state index >= 15 is 0 Å². The molecule has 2 N–H and O–H groups in total. The topological polar surface area (TPSA) is 32.3 Å². The van der Waals surface area contributed by atoms with Crippen LogP contribution in [-0.4, -0.2) is 24.8 Å². The summed E-state index contributed by atoms with van der Waals surface area (Å²) in [6, 6.07) is 7.77. The maximum absolute atomic E-state index is 9.17. The highest BCUT2D eigenvalue weighted by atomic mass is 35.5. The first-order chi connectivity index (χ1) is 8.63. The van der Waals surface area contributed by atoms with Crippen LogP contribution >= 0.6 is 11.6 Å². The Hall–Kier alpha value is -0.570. The van der Waals surface area contributed by atoms with Gasteiger partial charge in [-0.2, -0.15) is 0 Å². The summed E-state index contributed by atoms with van der Waals surface area (Å²) in [5.41, 5.74) is 1.13. The molecule has 0 heterocycles. The molecule has 0 amide bonds. The molecule has 0 bridgehead atoms. The van der Waals surface area contributed by atoms with Gasteiger partial charge in [0.05, 0.1) is 6.10 Å². The summed E-state index contributed by atoms with van der Waals surface area (Å²) in [6.07, 6.45) is 4.40. The van der Waals surface area contributed by atoms with Gasteiger partial charge in [-0.15, -0.1) is 0 Å². The predicted octanol–water partition coefficient (Wildman–Crippen LogP) is 3.41. The van der Waals surface area contributed by atoms with Gasteiger partial charge in [0.25, 0.3) is 0 Å². The van der Waals surface area contributed by atoms with E-state index in [0.717, 1.165) is 35.9 Å². The number of halogens is 1. The molecule has 0 aromatic heterocycles. The second-order valence-electron chi connectivity index (χ2n) is 4.98. The van der Waals surface area contributed by atoms with E-state index in [-0.39, 0.29) is 6.10 Å². The number of hydrogen-bond donors (Lipinski definition) is 2. The Labute approximate surface area is 115 Å². The van der Waals surface area contributed by atoms with Gasteiger partial charge >= 0.3 is 0 Å². The van der Waals surface area contributed by atoms with Crippen LogP contribution in [-0.2, 0) is 0 Å². The van der Waals surface area contributed by atoms with Crippen LogP contribution in [0.25, 0.3) is 0 Å². The number of rotatable bonds is 2. The molecule has 18 heavy (non-hydrogen) atoms. The summed E-state index contributed by atoms with van der Waals surface area (Å²) in [5, 5.41) is 13.2. The highest BCUT2D eigenvalue weighted by Crippen LogP contribution is 2.23. The lowest BCUT2D eigenvalue weighted by Crippen LogP contribution is -2.25. The molecule has 0 spiro atoms. The lowest BCUT2D eigenvalue weighted by molar-refractivity contribution is 0.109. The first kappa shape index (κ1) is 15.5. The minimum absolute atomic E-state index is 0.00638. The van der Waals surface area contributed by atoms with Crippen molar-refractivity contribution in [3.63, 3.8) is 0 Å². The standard InChI is InChI=1S/C8H17NO.C7H7Cl/c1-9-6-7-2-4-8(10)5-3-7;1-6-4-2-3-5-7(6)8/h7-10H,2-6H2,1H3;2-5H,1H3. The van der Waals surface area contributed by atoms with Gasteiger partial charge in [-0.25, -0.2) is 0 Å². The Balaban J connectivity index is 0.000000184. The van der Waals surface area contributed by atoms with Gasteiger partial charge in [0.2, 0.25) is 0 Å². The lowest BCUT2D eigenvalue weighted by Gasteiger charge is -2.24. The monoisotopic (exact) mass is 269 g/mol. The quantitative estimate of drug-likeness (QED) is 0.862. The highest BCUT2D eigenvalue weighted by Gasteiger charge is 2.17. The van der Waals surface area contributed by atoms with Crippen LogP contribution in [0.3, 0.4) is 0 Å². The second kappa shape index (κ2) is 8.52. The summed E-state index contributed by atoms with van der Waals surface area (Å²) in [7, 11) is 1.99. The van der Waals surface area contributed by atoms with Gasteiger partial charge in [-0.3, -0.25) is 0 Å². The summed E-state index contributed by atoms with van der Waals surface area (Å²) >= 11 is 5.71. The number of hydrogen-bond acceptors (Lipinski definition) is 2. The van der Waals surface area contributed by atoms with Crippen LogP contribution in [0.4, 0.5) is 0 Å². The van der Waals surface area contributed by atoms with Crippen LogP contribution in [0.5, 0.6) is 0 Å². The van der Waals surface area contributed by atoms with Gasteiger partial charge in [0.1, 0.15) is 0 Å². The van der Waals surface area contributed by atoms with Crippen LogP contribution < -0.4 is 5.32 Å². The average molecular weight is 270 g/mol. The predicted molar refractivity (Wildman–Crippen MR) is 78.1 cm³/mol. The van der Waals surface area contributed by atoms with Gasteiger partial charge in [0, 0.05) is 5.02 Å². The first-order valence-electron chi connectivity index (χ1n) is 6.67. The van der Waals surface area contributed by atoms with Gasteiger partial charge in [-0.05, 0) is 63.7 Å². The van der Waals surface area contributed by atoms with Crippen molar-refractivity contribution in [3.8, 4) is 0 Å². The summed E-state index contributed by atoms with van der Waals surface area (Å²) < 4.78 is 0. The molecule has 0 aliphatic heterocycles. The van der Waals surface area contributed by atoms with Crippen molar-refractivity contribution in [1.82, 2.24) is 5.32 Å². The van der Waals surface area contributed by atoms with Crippen LogP contribution in [0.15, 0.2) is 24.3 Å². The fraction of sp³-hybridized carbons (Fsp3) is 0.600. The van der Waals surface area contributed by atoms with Crippen molar-refractivity contribution in [1.29, 1.82) is 0 Å². The number of benzene rings is 1. The van der Waals surface area contributed by atoms with Crippen molar-refractivity contribution in [2.45, 2.75) is 38.7 Å². The van der Waals surface area contributed by atoms with E-state index in [2.05, 4.69) is 5.32 Å². The molecule has 0 saturated heterocycles. The zero-order valence-electron chi connectivity index (χ0n) is 11.3. The van der Waals surface area contributed by atoms with Crippen LogP contribution in [0, 0.1) is 12.8 Å². The normalized spacial score (nSPS) is 23.1. The molecule has 102 valence electrons. The molecule has 2 rings (SSSR count). The first-order valence-corrected chi connectivity index (χ1v) is 7.05. The Morgan fingerprint density at radius 1 is 1.22 bits per heavy atom. The van der Waals surface area contributed by atoms with Crippen LogP contribution in [0.1, 0.15) is 31.2 Å². The van der Waals surface area contributed by atoms with E-state index < -0.39 is 0 Å².